The van der Waals surface area contributed by atoms with Crippen LogP contribution in [0.4, 0.5) is 0 Å². The van der Waals surface area contributed by atoms with Crippen molar-refractivity contribution in [1.29, 1.82) is 0 Å². The van der Waals surface area contributed by atoms with Crippen LogP contribution in [0.2, 0.25) is 0 Å². The highest BCUT2D eigenvalue weighted by Gasteiger charge is 2.03. The zero-order chi connectivity index (χ0) is 10.6. The molecule has 0 aliphatic rings. The van der Waals surface area contributed by atoms with Crippen LogP contribution in [0.5, 0.6) is 0 Å². The average molecular weight is 220 g/mol. The van der Waals surface area contributed by atoms with Gasteiger partial charge in [-0.05, 0) is 18.6 Å². The van der Waals surface area contributed by atoms with Gasteiger partial charge in [-0.3, -0.25) is 0 Å². The number of rotatable bonds is 10. The van der Waals surface area contributed by atoms with Gasteiger partial charge in [-0.1, -0.05) is 26.7 Å². The number of aliphatic hydroxyl groups is 1. The largest absolute Gasteiger partial charge is 0.390 e. The van der Waals surface area contributed by atoms with Gasteiger partial charge in [-0.15, -0.1) is 0 Å². The second-order valence-electron chi connectivity index (χ2n) is 3.51. The number of hydrogen-bond acceptors (Lipinski definition) is 3. The second kappa shape index (κ2) is 11.3. The first kappa shape index (κ1) is 14.3. The second-order valence-corrected chi connectivity index (χ2v) is 4.66. The third-order valence-corrected chi connectivity index (χ3v) is 3.10. The third kappa shape index (κ3) is 10.4. The van der Waals surface area contributed by atoms with E-state index in [1.54, 1.807) is 0 Å². The molecule has 0 saturated heterocycles. The van der Waals surface area contributed by atoms with Crippen molar-refractivity contribution in [2.75, 3.05) is 24.7 Å². The molecule has 0 aromatic carbocycles. The molecule has 0 aliphatic heterocycles. The molecule has 0 rings (SSSR count). The summed E-state index contributed by atoms with van der Waals surface area (Å²) in [6.07, 6.45) is 4.44. The van der Waals surface area contributed by atoms with Crippen molar-refractivity contribution in [3.05, 3.63) is 0 Å². The summed E-state index contributed by atoms with van der Waals surface area (Å²) in [5.74, 6) is 1.97. The van der Waals surface area contributed by atoms with E-state index in [0.29, 0.717) is 6.61 Å². The van der Waals surface area contributed by atoms with Crippen LogP contribution in [0, 0.1) is 0 Å². The van der Waals surface area contributed by atoms with Crippen molar-refractivity contribution < 1.29 is 9.84 Å². The lowest BCUT2D eigenvalue weighted by Crippen LogP contribution is -2.18. The zero-order valence-electron chi connectivity index (χ0n) is 9.50. The lowest BCUT2D eigenvalue weighted by Gasteiger charge is -2.10. The number of hydrogen-bond donors (Lipinski definition) is 1. The van der Waals surface area contributed by atoms with Crippen molar-refractivity contribution in [3.63, 3.8) is 0 Å². The quantitative estimate of drug-likeness (QED) is 0.574. The highest BCUT2D eigenvalue weighted by atomic mass is 32.2. The van der Waals surface area contributed by atoms with Gasteiger partial charge in [0.2, 0.25) is 0 Å². The Bertz CT molecular complexity index is 97.5. The van der Waals surface area contributed by atoms with Crippen molar-refractivity contribution in [2.45, 2.75) is 45.6 Å². The molecule has 86 valence electrons. The van der Waals surface area contributed by atoms with Gasteiger partial charge in [0.05, 0.1) is 12.7 Å². The van der Waals surface area contributed by atoms with Gasteiger partial charge in [-0.25, -0.2) is 0 Å². The standard InChI is InChI=1S/C11H24O2S/c1-3-5-7-13-9-11(12)10-14-8-6-4-2/h11-12H,3-10H2,1-2H3/t11-/m1/s1. The van der Waals surface area contributed by atoms with Gasteiger partial charge in [-0.2, -0.15) is 11.8 Å². The van der Waals surface area contributed by atoms with E-state index in [-0.39, 0.29) is 6.10 Å². The average Bonchev–Trinajstić information content (AvgIpc) is 2.19. The van der Waals surface area contributed by atoms with Crippen LogP contribution in [0.25, 0.3) is 0 Å². The van der Waals surface area contributed by atoms with E-state index in [9.17, 15) is 5.11 Å². The Kier molecular flexibility index (Phi) is 11.6. The summed E-state index contributed by atoms with van der Waals surface area (Å²) >= 11 is 1.82. The minimum absolute atomic E-state index is 0.284. The minimum atomic E-state index is -0.284. The van der Waals surface area contributed by atoms with E-state index in [0.717, 1.165) is 31.0 Å². The molecule has 0 bridgehead atoms. The van der Waals surface area contributed by atoms with Crippen LogP contribution in [0.1, 0.15) is 39.5 Å². The minimum Gasteiger partial charge on any atom is -0.390 e. The maximum Gasteiger partial charge on any atom is 0.0863 e. The predicted molar refractivity (Wildman–Crippen MR) is 64.0 cm³/mol. The number of unbranched alkanes of at least 4 members (excludes halogenated alkanes) is 2. The van der Waals surface area contributed by atoms with Gasteiger partial charge < -0.3 is 9.84 Å². The molecule has 0 unspecified atom stereocenters. The monoisotopic (exact) mass is 220 g/mol. The first-order valence-electron chi connectivity index (χ1n) is 5.64. The molecule has 0 heterocycles. The fourth-order valence-electron chi connectivity index (χ4n) is 0.980. The Balaban J connectivity index is 3.07. The van der Waals surface area contributed by atoms with E-state index in [2.05, 4.69) is 13.8 Å². The lowest BCUT2D eigenvalue weighted by atomic mass is 10.3. The van der Waals surface area contributed by atoms with Crippen molar-refractivity contribution in [2.24, 2.45) is 0 Å². The molecule has 14 heavy (non-hydrogen) atoms. The molecule has 0 amide bonds. The first-order valence-corrected chi connectivity index (χ1v) is 6.80. The van der Waals surface area contributed by atoms with Crippen molar-refractivity contribution in [3.8, 4) is 0 Å². The zero-order valence-corrected chi connectivity index (χ0v) is 10.3. The molecule has 0 fully saturated rings. The summed E-state index contributed by atoms with van der Waals surface area (Å²) in [6.45, 7) is 5.61. The van der Waals surface area contributed by atoms with Crippen LogP contribution in [0.3, 0.4) is 0 Å². The molecule has 1 N–H and O–H groups in total. The molecule has 2 nitrogen and oxygen atoms in total. The summed E-state index contributed by atoms with van der Waals surface area (Å²) in [5.41, 5.74) is 0. The smallest absolute Gasteiger partial charge is 0.0863 e. The highest BCUT2D eigenvalue weighted by Crippen LogP contribution is 2.06. The summed E-state index contributed by atoms with van der Waals surface area (Å²) in [7, 11) is 0. The van der Waals surface area contributed by atoms with E-state index < -0.39 is 0 Å². The number of ether oxygens (including phenoxy) is 1. The molecule has 1 atom stereocenters. The fraction of sp³-hybridized carbons (Fsp3) is 1.00. The van der Waals surface area contributed by atoms with E-state index in [4.69, 9.17) is 4.74 Å². The maximum absolute atomic E-state index is 9.50. The van der Waals surface area contributed by atoms with E-state index in [1.165, 1.54) is 12.8 Å². The van der Waals surface area contributed by atoms with Crippen LogP contribution in [-0.2, 0) is 4.74 Å². The van der Waals surface area contributed by atoms with Crippen molar-refractivity contribution >= 4 is 11.8 Å². The topological polar surface area (TPSA) is 29.5 Å². The normalized spacial score (nSPS) is 13.1. The number of aliphatic hydroxyl groups excluding tert-OH is 1. The molecular formula is C11H24O2S. The van der Waals surface area contributed by atoms with Crippen LogP contribution >= 0.6 is 11.8 Å². The van der Waals surface area contributed by atoms with Crippen LogP contribution in [0.15, 0.2) is 0 Å². The molecule has 0 aromatic rings. The predicted octanol–water partition coefficient (Wildman–Crippen LogP) is 2.70. The van der Waals surface area contributed by atoms with Crippen LogP contribution in [-0.4, -0.2) is 35.9 Å². The Morgan fingerprint density at radius 3 is 2.57 bits per heavy atom. The summed E-state index contributed by atoms with van der Waals surface area (Å²) in [5, 5.41) is 9.50. The van der Waals surface area contributed by atoms with Gasteiger partial charge >= 0.3 is 0 Å². The number of thioether (sulfide) groups is 1. The molecular weight excluding hydrogens is 196 g/mol. The first-order chi connectivity index (χ1) is 6.81. The maximum atomic E-state index is 9.50. The van der Waals surface area contributed by atoms with Crippen LogP contribution < -0.4 is 0 Å². The Labute approximate surface area is 92.4 Å². The Morgan fingerprint density at radius 2 is 1.93 bits per heavy atom. The van der Waals surface area contributed by atoms with Gasteiger partial charge in [0.1, 0.15) is 0 Å². The van der Waals surface area contributed by atoms with E-state index in [1.807, 2.05) is 11.8 Å². The summed E-state index contributed by atoms with van der Waals surface area (Å²) in [4.78, 5) is 0. The van der Waals surface area contributed by atoms with Gasteiger partial charge in [0, 0.05) is 12.4 Å². The SMILES string of the molecule is CCCCOC[C@@H](O)CSCCCC. The molecule has 3 heteroatoms. The summed E-state index contributed by atoms with van der Waals surface area (Å²) in [6, 6.07) is 0. The molecule has 0 radical (unpaired) electrons. The summed E-state index contributed by atoms with van der Waals surface area (Å²) < 4.78 is 5.33. The lowest BCUT2D eigenvalue weighted by molar-refractivity contribution is 0.0473. The van der Waals surface area contributed by atoms with Gasteiger partial charge in [0.15, 0.2) is 0 Å². The fourth-order valence-corrected chi connectivity index (χ4v) is 2.01. The molecule has 0 spiro atoms. The highest BCUT2D eigenvalue weighted by molar-refractivity contribution is 7.99. The molecule has 0 aromatic heterocycles. The third-order valence-electron chi connectivity index (χ3n) is 1.90. The molecule has 0 aliphatic carbocycles. The molecule has 0 saturated carbocycles. The Hall–Kier alpha value is 0.270. The van der Waals surface area contributed by atoms with E-state index >= 15 is 0 Å². The van der Waals surface area contributed by atoms with Gasteiger partial charge in [0.25, 0.3) is 0 Å². The van der Waals surface area contributed by atoms with Crippen molar-refractivity contribution in [1.82, 2.24) is 0 Å². The Morgan fingerprint density at radius 1 is 1.21 bits per heavy atom.